The van der Waals surface area contributed by atoms with Gasteiger partial charge in [-0.1, -0.05) is 0 Å². The molecule has 0 unspecified atom stereocenters. The van der Waals surface area contributed by atoms with E-state index >= 15 is 0 Å². The Bertz CT molecular complexity index is 893. The molecule has 3 aromatic rings. The monoisotopic (exact) mass is 334 g/mol. The number of rotatable bonds is 5. The van der Waals surface area contributed by atoms with E-state index in [0.717, 1.165) is 28.8 Å². The third-order valence-electron chi connectivity index (χ3n) is 4.41. The summed E-state index contributed by atoms with van der Waals surface area (Å²) in [7, 11) is 0. The van der Waals surface area contributed by atoms with Gasteiger partial charge in [0.2, 0.25) is 0 Å². The second-order valence-electron chi connectivity index (χ2n) is 6.09. The molecule has 1 amide bonds. The first kappa shape index (κ1) is 17.0. The third-order valence-corrected chi connectivity index (χ3v) is 4.41. The minimum absolute atomic E-state index is 0.0264. The molecule has 25 heavy (non-hydrogen) atoms. The lowest BCUT2D eigenvalue weighted by molar-refractivity contribution is 0.0766. The number of nitrogens with zero attached hydrogens (tertiary/aromatic N) is 4. The highest BCUT2D eigenvalue weighted by Gasteiger charge is 2.15. The van der Waals surface area contributed by atoms with Crippen molar-refractivity contribution in [1.82, 2.24) is 19.9 Å². The van der Waals surface area contributed by atoms with Crippen LogP contribution in [0.15, 0.2) is 42.7 Å². The van der Waals surface area contributed by atoms with E-state index < -0.39 is 0 Å². The predicted molar refractivity (Wildman–Crippen MR) is 98.5 cm³/mol. The summed E-state index contributed by atoms with van der Waals surface area (Å²) in [5.74, 6) is 0.0264. The fourth-order valence-corrected chi connectivity index (χ4v) is 2.76. The zero-order chi connectivity index (χ0) is 17.8. The Morgan fingerprint density at radius 3 is 2.36 bits per heavy atom. The molecule has 5 nitrogen and oxygen atoms in total. The minimum atomic E-state index is 0.0264. The normalized spacial score (nSPS) is 10.8. The van der Waals surface area contributed by atoms with E-state index in [0.29, 0.717) is 18.7 Å². The lowest BCUT2D eigenvalue weighted by atomic mass is 10.1. The molecule has 0 aliphatic heterocycles. The number of fused-ring (bicyclic) bond motifs is 1. The number of hydrogen-bond acceptors (Lipinski definition) is 4. The summed E-state index contributed by atoms with van der Waals surface area (Å²) in [5.41, 5.74) is 5.22. The van der Waals surface area contributed by atoms with Gasteiger partial charge in [0, 0.05) is 31.0 Å². The van der Waals surface area contributed by atoms with Gasteiger partial charge in [-0.25, -0.2) is 9.97 Å². The largest absolute Gasteiger partial charge is 0.339 e. The molecule has 0 saturated carbocycles. The molecular weight excluding hydrogens is 312 g/mol. The van der Waals surface area contributed by atoms with Crippen LogP contribution in [0.2, 0.25) is 0 Å². The van der Waals surface area contributed by atoms with E-state index in [1.54, 1.807) is 12.4 Å². The lowest BCUT2D eigenvalue weighted by Gasteiger charge is -2.21. The van der Waals surface area contributed by atoms with Gasteiger partial charge in [-0.15, -0.1) is 0 Å². The Hall–Kier alpha value is -2.82. The Morgan fingerprint density at radius 1 is 1.00 bits per heavy atom. The lowest BCUT2D eigenvalue weighted by Crippen LogP contribution is -2.32. The fraction of sp³-hybridized carbons (Fsp3) is 0.300. The zero-order valence-electron chi connectivity index (χ0n) is 14.9. The number of aryl methyl sites for hydroxylation is 2. The molecule has 0 radical (unpaired) electrons. The first-order valence-electron chi connectivity index (χ1n) is 8.51. The number of carbonyl (C=O) groups excluding carboxylic acids is 1. The van der Waals surface area contributed by atoms with Crippen molar-refractivity contribution in [3.05, 3.63) is 65.2 Å². The molecule has 0 aliphatic rings. The maximum Gasteiger partial charge on any atom is 0.253 e. The van der Waals surface area contributed by atoms with Crippen LogP contribution in [0.5, 0.6) is 0 Å². The maximum atomic E-state index is 12.9. The number of benzene rings is 1. The molecule has 0 N–H and O–H groups in total. The van der Waals surface area contributed by atoms with Crippen LogP contribution in [-0.2, 0) is 6.42 Å². The maximum absolute atomic E-state index is 12.9. The standard InChI is InChI=1S/C20H22N4O/c1-4-24(12-9-16-7-10-21-11-8-16)20(25)17-5-6-18-19(13-17)23-15(3)14(2)22-18/h5-8,10-11,13H,4,9,12H2,1-3H3. The number of hydrogen-bond donors (Lipinski definition) is 0. The summed E-state index contributed by atoms with van der Waals surface area (Å²) in [4.78, 5) is 27.8. The second kappa shape index (κ2) is 7.38. The van der Waals surface area contributed by atoms with Crippen LogP contribution in [0.4, 0.5) is 0 Å². The highest BCUT2D eigenvalue weighted by Crippen LogP contribution is 2.16. The SMILES string of the molecule is CCN(CCc1ccncc1)C(=O)c1ccc2nc(C)c(C)nc2c1. The molecule has 5 heteroatoms. The highest BCUT2D eigenvalue weighted by molar-refractivity contribution is 5.97. The molecule has 2 aromatic heterocycles. The Kier molecular flexibility index (Phi) is 5.03. The van der Waals surface area contributed by atoms with Gasteiger partial charge in [0.15, 0.2) is 0 Å². The van der Waals surface area contributed by atoms with Crippen LogP contribution in [0.3, 0.4) is 0 Å². The van der Waals surface area contributed by atoms with E-state index in [9.17, 15) is 4.79 Å². The van der Waals surface area contributed by atoms with Crippen molar-refractivity contribution in [3.63, 3.8) is 0 Å². The van der Waals surface area contributed by atoms with Crippen LogP contribution >= 0.6 is 0 Å². The van der Waals surface area contributed by atoms with Crippen LogP contribution in [-0.4, -0.2) is 38.8 Å². The van der Waals surface area contributed by atoms with Crippen LogP contribution in [0.1, 0.15) is 34.2 Å². The topological polar surface area (TPSA) is 59.0 Å². The van der Waals surface area contributed by atoms with Gasteiger partial charge >= 0.3 is 0 Å². The molecular formula is C20H22N4O. The summed E-state index contributed by atoms with van der Waals surface area (Å²) < 4.78 is 0. The van der Waals surface area contributed by atoms with Gasteiger partial charge in [0.25, 0.3) is 5.91 Å². The average molecular weight is 334 g/mol. The smallest absolute Gasteiger partial charge is 0.253 e. The quantitative estimate of drug-likeness (QED) is 0.718. The Balaban J connectivity index is 1.80. The summed E-state index contributed by atoms with van der Waals surface area (Å²) >= 11 is 0. The fourth-order valence-electron chi connectivity index (χ4n) is 2.76. The number of carbonyl (C=O) groups is 1. The van der Waals surface area contributed by atoms with Crippen molar-refractivity contribution in [3.8, 4) is 0 Å². The molecule has 128 valence electrons. The van der Waals surface area contributed by atoms with E-state index in [4.69, 9.17) is 0 Å². The first-order valence-corrected chi connectivity index (χ1v) is 8.51. The number of pyridine rings is 1. The van der Waals surface area contributed by atoms with Crippen LogP contribution in [0.25, 0.3) is 11.0 Å². The molecule has 0 fully saturated rings. The van der Waals surface area contributed by atoms with E-state index in [1.165, 1.54) is 5.56 Å². The Labute approximate surface area is 147 Å². The molecule has 1 aromatic carbocycles. The molecule has 0 saturated heterocycles. The van der Waals surface area contributed by atoms with Gasteiger partial charge in [0.05, 0.1) is 22.4 Å². The van der Waals surface area contributed by atoms with E-state index in [1.807, 2.05) is 56.0 Å². The molecule has 2 heterocycles. The zero-order valence-corrected chi connectivity index (χ0v) is 14.9. The van der Waals surface area contributed by atoms with Gasteiger partial charge in [-0.05, 0) is 63.1 Å². The number of amides is 1. The summed E-state index contributed by atoms with van der Waals surface area (Å²) in [6, 6.07) is 9.51. The first-order chi connectivity index (χ1) is 12.1. The van der Waals surface area contributed by atoms with E-state index in [-0.39, 0.29) is 5.91 Å². The van der Waals surface area contributed by atoms with Crippen molar-refractivity contribution in [2.75, 3.05) is 13.1 Å². The van der Waals surface area contributed by atoms with Crippen molar-refractivity contribution in [1.29, 1.82) is 0 Å². The number of aromatic nitrogens is 3. The summed E-state index contributed by atoms with van der Waals surface area (Å²) in [5, 5.41) is 0. The van der Waals surface area contributed by atoms with Crippen molar-refractivity contribution >= 4 is 16.9 Å². The van der Waals surface area contributed by atoms with Gasteiger partial charge in [-0.3, -0.25) is 9.78 Å². The van der Waals surface area contributed by atoms with Crippen LogP contribution in [0, 0.1) is 13.8 Å². The molecule has 0 atom stereocenters. The Morgan fingerprint density at radius 2 is 1.68 bits per heavy atom. The van der Waals surface area contributed by atoms with Gasteiger partial charge < -0.3 is 4.90 Å². The van der Waals surface area contributed by atoms with Crippen LogP contribution < -0.4 is 0 Å². The van der Waals surface area contributed by atoms with Crippen molar-refractivity contribution in [2.24, 2.45) is 0 Å². The summed E-state index contributed by atoms with van der Waals surface area (Å²) in [6.45, 7) is 7.22. The second-order valence-corrected chi connectivity index (χ2v) is 6.09. The third kappa shape index (κ3) is 3.82. The molecule has 0 spiro atoms. The van der Waals surface area contributed by atoms with Gasteiger partial charge in [-0.2, -0.15) is 0 Å². The van der Waals surface area contributed by atoms with Crippen molar-refractivity contribution in [2.45, 2.75) is 27.2 Å². The van der Waals surface area contributed by atoms with Crippen molar-refractivity contribution < 1.29 is 4.79 Å². The van der Waals surface area contributed by atoms with Gasteiger partial charge in [0.1, 0.15) is 0 Å². The predicted octanol–water partition coefficient (Wildman–Crippen LogP) is 3.35. The molecule has 3 rings (SSSR count). The molecule has 0 aliphatic carbocycles. The molecule has 0 bridgehead atoms. The van der Waals surface area contributed by atoms with E-state index in [2.05, 4.69) is 15.0 Å². The number of likely N-dealkylation sites (N-methyl/N-ethyl adjacent to an activating group) is 1. The highest BCUT2D eigenvalue weighted by atomic mass is 16.2. The summed E-state index contributed by atoms with van der Waals surface area (Å²) in [6.07, 6.45) is 4.37. The minimum Gasteiger partial charge on any atom is -0.339 e. The average Bonchev–Trinajstić information content (AvgIpc) is 2.63.